The van der Waals surface area contributed by atoms with Gasteiger partial charge in [0, 0.05) is 9.75 Å². The third-order valence-corrected chi connectivity index (χ3v) is 9.55. The van der Waals surface area contributed by atoms with Gasteiger partial charge in [-0.15, -0.1) is 22.7 Å². The van der Waals surface area contributed by atoms with Crippen molar-refractivity contribution < 1.29 is 10.2 Å². The predicted octanol–water partition coefficient (Wildman–Crippen LogP) is 6.91. The van der Waals surface area contributed by atoms with Crippen molar-refractivity contribution >= 4 is 54.7 Å². The van der Waals surface area contributed by atoms with E-state index in [1.165, 1.54) is 20.9 Å². The molecule has 4 aromatic heterocycles. The van der Waals surface area contributed by atoms with Crippen LogP contribution in [0.25, 0.3) is 20.4 Å². The van der Waals surface area contributed by atoms with Gasteiger partial charge in [-0.25, -0.2) is 19.9 Å². The summed E-state index contributed by atoms with van der Waals surface area (Å²) in [6.45, 7) is 8.37. The molecule has 216 valence electrons. The first-order chi connectivity index (χ1) is 20.4. The van der Waals surface area contributed by atoms with E-state index in [0.717, 1.165) is 43.2 Å². The smallest absolute Gasteiger partial charge is 0.139 e. The molecule has 0 aliphatic carbocycles. The molecule has 6 aromatic rings. The van der Waals surface area contributed by atoms with Crippen LogP contribution in [-0.4, -0.2) is 43.4 Å². The van der Waals surface area contributed by atoms with Crippen LogP contribution >= 0.6 is 22.7 Å². The van der Waals surface area contributed by atoms with Crippen molar-refractivity contribution in [3.63, 3.8) is 0 Å². The number of rotatable bonds is 8. The number of aryl methyl sites for hydroxylation is 4. The van der Waals surface area contributed by atoms with Gasteiger partial charge in [-0.3, -0.25) is 0 Å². The topological polar surface area (TPSA) is 116 Å². The van der Waals surface area contributed by atoms with E-state index in [2.05, 4.69) is 58.3 Å². The van der Waals surface area contributed by atoms with Crippen molar-refractivity contribution in [3.8, 4) is 0 Å². The average Bonchev–Trinajstić information content (AvgIpc) is 3.49. The van der Waals surface area contributed by atoms with Gasteiger partial charge in [0.15, 0.2) is 0 Å². The fraction of sp³-hybridized carbons (Fsp3) is 0.250. The van der Waals surface area contributed by atoms with Crippen LogP contribution in [0.5, 0.6) is 0 Å². The van der Waals surface area contributed by atoms with Crippen LogP contribution in [-0.2, 0) is 0 Å². The molecule has 8 nitrogen and oxygen atoms in total. The number of aliphatic hydroxyl groups excluding tert-OH is 2. The Kier molecular flexibility index (Phi) is 9.38. The zero-order valence-corrected chi connectivity index (χ0v) is 25.6. The average molecular weight is 599 g/mol. The van der Waals surface area contributed by atoms with E-state index in [0.29, 0.717) is 0 Å². The Morgan fingerprint density at radius 3 is 1.33 bits per heavy atom. The summed E-state index contributed by atoms with van der Waals surface area (Å²) in [5.74, 6) is 1.56. The highest BCUT2D eigenvalue weighted by molar-refractivity contribution is 7.19. The van der Waals surface area contributed by atoms with Gasteiger partial charge in [-0.1, -0.05) is 60.7 Å². The van der Waals surface area contributed by atoms with Gasteiger partial charge in [0.1, 0.15) is 34.0 Å². The number of anilines is 2. The van der Waals surface area contributed by atoms with E-state index in [-0.39, 0.29) is 25.3 Å². The minimum absolute atomic E-state index is 0.0116. The van der Waals surface area contributed by atoms with Crippen LogP contribution in [0.2, 0.25) is 0 Å². The van der Waals surface area contributed by atoms with Crippen molar-refractivity contribution in [1.29, 1.82) is 0 Å². The fourth-order valence-electron chi connectivity index (χ4n) is 4.75. The first-order valence-corrected chi connectivity index (χ1v) is 15.3. The van der Waals surface area contributed by atoms with Crippen molar-refractivity contribution in [1.82, 2.24) is 19.9 Å². The lowest BCUT2D eigenvalue weighted by Crippen LogP contribution is -2.15. The lowest BCUT2D eigenvalue weighted by Gasteiger charge is -2.18. The predicted molar refractivity (Wildman–Crippen MR) is 174 cm³/mol. The lowest BCUT2D eigenvalue weighted by atomic mass is 10.1. The van der Waals surface area contributed by atoms with Crippen LogP contribution in [0.1, 0.15) is 44.1 Å². The van der Waals surface area contributed by atoms with E-state index >= 15 is 0 Å². The molecular weight excluding hydrogens is 565 g/mol. The Labute approximate surface area is 253 Å². The molecule has 4 heterocycles. The van der Waals surface area contributed by atoms with Gasteiger partial charge < -0.3 is 20.8 Å². The third kappa shape index (κ3) is 6.27. The highest BCUT2D eigenvalue weighted by atomic mass is 32.1. The van der Waals surface area contributed by atoms with E-state index in [1.54, 1.807) is 35.3 Å². The Balaban J connectivity index is 0.000000168. The van der Waals surface area contributed by atoms with Gasteiger partial charge in [0.25, 0.3) is 0 Å². The van der Waals surface area contributed by atoms with E-state index in [9.17, 15) is 10.2 Å². The molecule has 2 aromatic carbocycles. The number of hydrogen-bond acceptors (Lipinski definition) is 10. The third-order valence-electron chi connectivity index (χ3n) is 7.32. The molecule has 0 fully saturated rings. The fourth-order valence-corrected chi connectivity index (χ4v) is 6.75. The van der Waals surface area contributed by atoms with Crippen LogP contribution in [0, 0.1) is 27.7 Å². The van der Waals surface area contributed by atoms with Crippen LogP contribution in [0.3, 0.4) is 0 Å². The number of fused-ring (bicyclic) bond motifs is 2. The molecule has 42 heavy (non-hydrogen) atoms. The maximum absolute atomic E-state index is 9.68. The second-order valence-corrected chi connectivity index (χ2v) is 12.4. The van der Waals surface area contributed by atoms with E-state index in [4.69, 9.17) is 0 Å². The summed E-state index contributed by atoms with van der Waals surface area (Å²) in [7, 11) is 0. The number of aliphatic hydroxyl groups is 2. The first kappa shape index (κ1) is 29.5. The van der Waals surface area contributed by atoms with Gasteiger partial charge >= 0.3 is 0 Å². The number of aromatic nitrogens is 4. The van der Waals surface area contributed by atoms with E-state index < -0.39 is 0 Å². The van der Waals surface area contributed by atoms with E-state index in [1.807, 2.05) is 60.7 Å². The second-order valence-electron chi connectivity index (χ2n) is 9.95. The molecule has 0 bridgehead atoms. The summed E-state index contributed by atoms with van der Waals surface area (Å²) in [5.41, 5.74) is 4.47. The molecule has 0 saturated heterocycles. The van der Waals surface area contributed by atoms with Crippen molar-refractivity contribution in [2.75, 3.05) is 23.8 Å². The van der Waals surface area contributed by atoms with Crippen molar-refractivity contribution in [3.05, 3.63) is 105 Å². The number of nitrogens with zero attached hydrogens (tertiary/aromatic N) is 4. The van der Waals surface area contributed by atoms with Crippen LogP contribution < -0.4 is 10.6 Å². The Morgan fingerprint density at radius 2 is 0.976 bits per heavy atom. The zero-order valence-electron chi connectivity index (χ0n) is 24.0. The molecule has 0 saturated carbocycles. The summed E-state index contributed by atoms with van der Waals surface area (Å²) in [6, 6.07) is 19.4. The second kappa shape index (κ2) is 13.3. The Morgan fingerprint density at radius 1 is 0.595 bits per heavy atom. The number of nitrogens with one attached hydrogen (secondary N) is 2. The quantitative estimate of drug-likeness (QED) is 0.149. The molecule has 0 aliphatic heterocycles. The lowest BCUT2D eigenvalue weighted by molar-refractivity contribution is 0.276. The number of benzene rings is 2. The molecule has 4 N–H and O–H groups in total. The summed E-state index contributed by atoms with van der Waals surface area (Å²) < 4.78 is 0. The normalized spacial score (nSPS) is 12.5. The number of thiophene rings is 2. The standard InChI is InChI=1S/2C16H17N3OS/c2*1-10-11(2)21-16-14(10)15(17-9-18-16)19-13(8-20)12-6-4-3-5-7-12/h2*3-7,9,13,20H,8H2,1-2H3,(H,17,18,19)/t2*13-/m11/s1. The molecule has 2 atom stereocenters. The minimum atomic E-state index is -0.177. The molecule has 10 heteroatoms. The first-order valence-electron chi connectivity index (χ1n) is 13.7. The van der Waals surface area contributed by atoms with Crippen molar-refractivity contribution in [2.45, 2.75) is 39.8 Å². The monoisotopic (exact) mass is 598 g/mol. The van der Waals surface area contributed by atoms with Gasteiger partial charge in [0.2, 0.25) is 0 Å². The van der Waals surface area contributed by atoms with Crippen LogP contribution in [0.15, 0.2) is 73.3 Å². The van der Waals surface area contributed by atoms with Crippen molar-refractivity contribution in [2.24, 2.45) is 0 Å². The SMILES string of the molecule is Cc1sc2ncnc(N[C@H](CO)c3ccccc3)c2c1C.Cc1sc2ncnc(N[C@H](CO)c3ccccc3)c2c1C. The Hall–Kier alpha value is -3.96. The largest absolute Gasteiger partial charge is 0.394 e. The molecular formula is C32H34N6O2S2. The maximum atomic E-state index is 9.68. The molecule has 6 rings (SSSR count). The molecule has 0 unspecified atom stereocenters. The highest BCUT2D eigenvalue weighted by Crippen LogP contribution is 2.35. The van der Waals surface area contributed by atoms with Gasteiger partial charge in [0.05, 0.1) is 36.1 Å². The molecule has 0 amide bonds. The highest BCUT2D eigenvalue weighted by Gasteiger charge is 2.17. The number of hydrogen-bond donors (Lipinski definition) is 4. The van der Waals surface area contributed by atoms with Gasteiger partial charge in [-0.05, 0) is 49.9 Å². The molecule has 0 aliphatic rings. The summed E-state index contributed by atoms with van der Waals surface area (Å²) in [6.07, 6.45) is 3.14. The van der Waals surface area contributed by atoms with Crippen LogP contribution in [0.4, 0.5) is 11.6 Å². The zero-order chi connectivity index (χ0) is 29.6. The summed E-state index contributed by atoms with van der Waals surface area (Å²) >= 11 is 3.34. The summed E-state index contributed by atoms with van der Waals surface area (Å²) in [5, 5.41) is 28.2. The summed E-state index contributed by atoms with van der Waals surface area (Å²) in [4.78, 5) is 21.9. The maximum Gasteiger partial charge on any atom is 0.139 e. The van der Waals surface area contributed by atoms with Gasteiger partial charge in [-0.2, -0.15) is 0 Å². The Bertz CT molecular complexity index is 1640. The molecule has 0 radical (unpaired) electrons. The minimum Gasteiger partial charge on any atom is -0.394 e. The molecule has 0 spiro atoms.